The Morgan fingerprint density at radius 1 is 1.07 bits per heavy atom. The highest BCUT2D eigenvalue weighted by atomic mass is 16.1. The first-order chi connectivity index (χ1) is 13.6. The second-order valence-corrected chi connectivity index (χ2v) is 7.85. The van der Waals surface area contributed by atoms with Crippen LogP contribution in [0.2, 0.25) is 0 Å². The Morgan fingerprint density at radius 2 is 1.89 bits per heavy atom. The number of aryl methyl sites for hydroxylation is 1. The first-order valence-corrected chi connectivity index (χ1v) is 9.92. The first-order valence-electron chi connectivity index (χ1n) is 9.92. The van der Waals surface area contributed by atoms with Crippen molar-refractivity contribution in [3.05, 3.63) is 62.9 Å². The van der Waals surface area contributed by atoms with Gasteiger partial charge in [-0.25, -0.2) is 9.67 Å². The number of para-hydroxylation sites is 1. The summed E-state index contributed by atoms with van der Waals surface area (Å²) in [6.07, 6.45) is 4.27. The third-order valence-electron chi connectivity index (χ3n) is 5.82. The molecule has 0 spiro atoms. The largest absolute Gasteiger partial charge is 0.345 e. The quantitative estimate of drug-likeness (QED) is 0.697. The van der Waals surface area contributed by atoms with Gasteiger partial charge in [-0.2, -0.15) is 5.10 Å². The predicted molar refractivity (Wildman–Crippen MR) is 108 cm³/mol. The molecule has 1 unspecified atom stereocenters. The molecular weight excluding hydrogens is 354 g/mol. The Balaban J connectivity index is 1.65. The molecular formula is C21H23N5O2. The maximum atomic E-state index is 13.3. The third kappa shape index (κ3) is 2.91. The van der Waals surface area contributed by atoms with Crippen LogP contribution in [0, 0.1) is 5.92 Å². The van der Waals surface area contributed by atoms with Crippen LogP contribution in [0.3, 0.4) is 0 Å². The number of nitrogens with zero attached hydrogens (tertiary/aromatic N) is 5. The number of aromatic nitrogens is 4. The van der Waals surface area contributed by atoms with Gasteiger partial charge in [0.05, 0.1) is 16.9 Å². The van der Waals surface area contributed by atoms with Crippen molar-refractivity contribution in [2.75, 3.05) is 11.4 Å². The number of hydrogen-bond acceptors (Lipinski definition) is 5. The van der Waals surface area contributed by atoms with Crippen LogP contribution in [-0.4, -0.2) is 25.9 Å². The van der Waals surface area contributed by atoms with E-state index in [0.717, 1.165) is 43.1 Å². The molecule has 1 aliphatic carbocycles. The summed E-state index contributed by atoms with van der Waals surface area (Å²) in [6.45, 7) is 1.57. The molecule has 1 aliphatic heterocycles. The van der Waals surface area contributed by atoms with Gasteiger partial charge in [-0.05, 0) is 49.8 Å². The highest BCUT2D eigenvalue weighted by molar-refractivity contribution is 5.77. The van der Waals surface area contributed by atoms with Crippen LogP contribution < -0.4 is 16.0 Å². The van der Waals surface area contributed by atoms with E-state index in [-0.39, 0.29) is 17.2 Å². The molecule has 0 radical (unpaired) electrons. The molecule has 2 aromatic heterocycles. The summed E-state index contributed by atoms with van der Waals surface area (Å²) in [5.74, 6) is 2.15. The van der Waals surface area contributed by atoms with Gasteiger partial charge in [0.2, 0.25) is 0 Å². The lowest BCUT2D eigenvalue weighted by Gasteiger charge is -2.27. The number of fused-ring (bicyclic) bond motifs is 1. The van der Waals surface area contributed by atoms with Gasteiger partial charge in [0.15, 0.2) is 0 Å². The van der Waals surface area contributed by atoms with E-state index in [2.05, 4.69) is 10.00 Å². The van der Waals surface area contributed by atoms with Crippen molar-refractivity contribution in [3.63, 3.8) is 0 Å². The van der Waals surface area contributed by atoms with E-state index in [9.17, 15) is 9.59 Å². The van der Waals surface area contributed by atoms with Crippen molar-refractivity contribution >= 4 is 16.7 Å². The van der Waals surface area contributed by atoms with E-state index in [1.165, 1.54) is 17.5 Å². The zero-order chi connectivity index (χ0) is 19.3. The predicted octanol–water partition coefficient (Wildman–Crippen LogP) is 2.24. The second kappa shape index (κ2) is 6.58. The molecule has 5 rings (SSSR count). The van der Waals surface area contributed by atoms with Crippen LogP contribution >= 0.6 is 0 Å². The third-order valence-corrected chi connectivity index (χ3v) is 5.82. The molecule has 2 fully saturated rings. The molecule has 3 heterocycles. The van der Waals surface area contributed by atoms with Gasteiger partial charge in [0, 0.05) is 26.2 Å². The zero-order valence-corrected chi connectivity index (χ0v) is 15.9. The number of anilines is 1. The van der Waals surface area contributed by atoms with Gasteiger partial charge < -0.3 is 4.90 Å². The molecule has 0 N–H and O–H groups in total. The van der Waals surface area contributed by atoms with Gasteiger partial charge >= 0.3 is 0 Å². The molecule has 1 saturated carbocycles. The Hall–Kier alpha value is -2.96. The fraction of sp³-hybridized carbons (Fsp3) is 0.429. The van der Waals surface area contributed by atoms with Gasteiger partial charge in [0.25, 0.3) is 11.1 Å². The molecule has 7 heteroatoms. The van der Waals surface area contributed by atoms with Gasteiger partial charge in [-0.1, -0.05) is 12.1 Å². The van der Waals surface area contributed by atoms with Crippen LogP contribution in [0.25, 0.3) is 10.9 Å². The lowest BCUT2D eigenvalue weighted by molar-refractivity contribution is 0.523. The van der Waals surface area contributed by atoms with Crippen molar-refractivity contribution in [2.45, 2.75) is 38.3 Å². The lowest BCUT2D eigenvalue weighted by Crippen LogP contribution is -2.34. The first kappa shape index (κ1) is 17.2. The molecule has 7 nitrogen and oxygen atoms in total. The Labute approximate surface area is 162 Å². The van der Waals surface area contributed by atoms with E-state index in [4.69, 9.17) is 4.98 Å². The van der Waals surface area contributed by atoms with E-state index < -0.39 is 0 Å². The van der Waals surface area contributed by atoms with Crippen molar-refractivity contribution in [2.24, 2.45) is 13.0 Å². The average molecular weight is 377 g/mol. The Bertz CT molecular complexity index is 1160. The standard InChI is InChI=1S/C21H23N5O2/c1-24-19(27)11-10-18(23-24)25-12-4-7-17(25)20-22-16-6-3-2-5-15(16)21(28)26(20)13-14-8-9-14/h2-3,5-6,10-11,14,17H,4,7-9,12-13H2,1H3. The van der Waals surface area contributed by atoms with E-state index in [0.29, 0.717) is 11.3 Å². The summed E-state index contributed by atoms with van der Waals surface area (Å²) in [5.41, 5.74) is 0.663. The van der Waals surface area contributed by atoms with E-state index in [1.54, 1.807) is 19.2 Å². The zero-order valence-electron chi connectivity index (χ0n) is 15.9. The summed E-state index contributed by atoms with van der Waals surface area (Å²) in [6, 6.07) is 10.9. The molecule has 144 valence electrons. The number of hydrogen-bond donors (Lipinski definition) is 0. The smallest absolute Gasteiger partial charge is 0.266 e. The molecule has 0 bridgehead atoms. The molecule has 1 atom stereocenters. The van der Waals surface area contributed by atoms with Gasteiger partial charge in [-0.3, -0.25) is 14.2 Å². The van der Waals surface area contributed by atoms with Crippen LogP contribution in [0.4, 0.5) is 5.82 Å². The molecule has 1 aromatic carbocycles. The van der Waals surface area contributed by atoms with E-state index in [1.807, 2.05) is 28.8 Å². The van der Waals surface area contributed by atoms with Crippen LogP contribution in [0.5, 0.6) is 0 Å². The number of benzene rings is 1. The number of rotatable bonds is 4. The highest BCUT2D eigenvalue weighted by Crippen LogP contribution is 2.36. The lowest BCUT2D eigenvalue weighted by atomic mass is 10.1. The van der Waals surface area contributed by atoms with Crippen LogP contribution in [-0.2, 0) is 13.6 Å². The minimum Gasteiger partial charge on any atom is -0.345 e. The molecule has 1 saturated heterocycles. The summed E-state index contributed by atoms with van der Waals surface area (Å²) >= 11 is 0. The monoisotopic (exact) mass is 377 g/mol. The maximum Gasteiger partial charge on any atom is 0.266 e. The summed E-state index contributed by atoms with van der Waals surface area (Å²) in [7, 11) is 1.66. The molecule has 3 aromatic rings. The van der Waals surface area contributed by atoms with Crippen molar-refractivity contribution in [1.82, 2.24) is 19.3 Å². The normalized spacial score (nSPS) is 19.5. The molecule has 28 heavy (non-hydrogen) atoms. The minimum absolute atomic E-state index is 0.0129. The minimum atomic E-state index is -0.131. The second-order valence-electron chi connectivity index (χ2n) is 7.85. The van der Waals surface area contributed by atoms with Crippen LogP contribution in [0.15, 0.2) is 46.0 Å². The molecule has 0 amide bonds. The maximum absolute atomic E-state index is 13.3. The van der Waals surface area contributed by atoms with Gasteiger partial charge in [-0.15, -0.1) is 0 Å². The Kier molecular flexibility index (Phi) is 4.03. The average Bonchev–Trinajstić information content (AvgIpc) is 3.39. The summed E-state index contributed by atoms with van der Waals surface area (Å²) in [4.78, 5) is 32.1. The fourth-order valence-electron chi connectivity index (χ4n) is 4.13. The summed E-state index contributed by atoms with van der Waals surface area (Å²) in [5, 5.41) is 5.11. The summed E-state index contributed by atoms with van der Waals surface area (Å²) < 4.78 is 3.25. The topological polar surface area (TPSA) is 73.0 Å². The fourth-order valence-corrected chi connectivity index (χ4v) is 4.13. The SMILES string of the molecule is Cn1nc(N2CCCC2c2nc3ccccc3c(=O)n2CC2CC2)ccc1=O. The van der Waals surface area contributed by atoms with Crippen molar-refractivity contribution in [3.8, 4) is 0 Å². The van der Waals surface area contributed by atoms with Crippen LogP contribution in [0.1, 0.15) is 37.5 Å². The van der Waals surface area contributed by atoms with Crippen molar-refractivity contribution in [1.29, 1.82) is 0 Å². The van der Waals surface area contributed by atoms with Crippen molar-refractivity contribution < 1.29 is 0 Å². The van der Waals surface area contributed by atoms with Gasteiger partial charge in [0.1, 0.15) is 11.6 Å². The van der Waals surface area contributed by atoms with E-state index >= 15 is 0 Å². The highest BCUT2D eigenvalue weighted by Gasteiger charge is 2.33. The Morgan fingerprint density at radius 3 is 2.68 bits per heavy atom. The molecule has 2 aliphatic rings.